The molecule has 1 fully saturated rings. The first-order valence-corrected chi connectivity index (χ1v) is 17.9. The number of nitrogens with one attached hydrogen (secondary N) is 1. The molecule has 0 unspecified atom stereocenters. The van der Waals surface area contributed by atoms with Crippen molar-refractivity contribution in [3.63, 3.8) is 0 Å². The van der Waals surface area contributed by atoms with Crippen LogP contribution >= 0.6 is 11.6 Å². The maximum atomic E-state index is 13.4. The third-order valence-corrected chi connectivity index (χ3v) is 11.6. The molecule has 0 spiro atoms. The molecule has 11 heteroatoms. The number of carboxylic acids is 1. The van der Waals surface area contributed by atoms with Crippen molar-refractivity contribution >= 4 is 39.2 Å². The maximum absolute atomic E-state index is 13.4. The van der Waals surface area contributed by atoms with Crippen molar-refractivity contribution < 1.29 is 32.6 Å². The topological polar surface area (TPSA) is 122 Å². The number of amides is 1. The lowest BCUT2D eigenvalue weighted by Crippen LogP contribution is -2.45. The van der Waals surface area contributed by atoms with Crippen molar-refractivity contribution in [3.05, 3.63) is 70.3 Å². The van der Waals surface area contributed by atoms with Gasteiger partial charge in [-0.25, -0.2) is 17.9 Å². The van der Waals surface area contributed by atoms with E-state index < -0.39 is 39.4 Å². The van der Waals surface area contributed by atoms with Crippen molar-refractivity contribution in [2.45, 2.75) is 89.3 Å². The summed E-state index contributed by atoms with van der Waals surface area (Å²) in [5, 5.41) is 9.51. The zero-order valence-corrected chi connectivity index (χ0v) is 27.5. The first kappa shape index (κ1) is 33.3. The molecule has 9 nitrogen and oxygen atoms in total. The van der Waals surface area contributed by atoms with Crippen LogP contribution in [-0.2, 0) is 32.6 Å². The van der Waals surface area contributed by atoms with Gasteiger partial charge < -0.3 is 19.5 Å². The second-order valence-corrected chi connectivity index (χ2v) is 14.8. The molecule has 2 N–H and O–H groups in total. The zero-order chi connectivity index (χ0) is 32.1. The van der Waals surface area contributed by atoms with Crippen LogP contribution in [0.25, 0.3) is 0 Å². The predicted octanol–water partition coefficient (Wildman–Crippen LogP) is 6.13. The third-order valence-electron chi connectivity index (χ3n) is 9.41. The van der Waals surface area contributed by atoms with Gasteiger partial charge in [0.1, 0.15) is 12.4 Å². The van der Waals surface area contributed by atoms with E-state index in [4.69, 9.17) is 21.1 Å². The molecule has 5 rings (SSSR count). The van der Waals surface area contributed by atoms with Crippen LogP contribution in [0.1, 0.15) is 80.3 Å². The number of carbonyl (C=O) groups excluding carboxylic acids is 1. The number of nitrogens with zero attached hydrogens (tertiary/aromatic N) is 1. The smallest absolute Gasteiger partial charge is 0.332 e. The van der Waals surface area contributed by atoms with Crippen LogP contribution in [0.15, 0.2) is 48.6 Å². The number of aliphatic carboxylic acids is 1. The van der Waals surface area contributed by atoms with E-state index in [1.54, 1.807) is 32.0 Å². The van der Waals surface area contributed by atoms with E-state index in [1.807, 2.05) is 30.4 Å². The second-order valence-electron chi connectivity index (χ2n) is 12.4. The zero-order valence-electron chi connectivity index (χ0n) is 25.9. The van der Waals surface area contributed by atoms with Crippen LogP contribution in [0.4, 0.5) is 5.69 Å². The van der Waals surface area contributed by atoms with Gasteiger partial charge in [0, 0.05) is 23.7 Å². The summed E-state index contributed by atoms with van der Waals surface area (Å²) in [7, 11) is -3.95. The van der Waals surface area contributed by atoms with Gasteiger partial charge in [-0.1, -0.05) is 36.7 Å². The number of sulfonamides is 1. The minimum absolute atomic E-state index is 0.0992. The number of carbonyl (C=O) groups is 2. The Labute approximate surface area is 271 Å². The van der Waals surface area contributed by atoms with Gasteiger partial charge in [0.2, 0.25) is 10.0 Å². The Morgan fingerprint density at radius 3 is 2.71 bits per heavy atom. The molecule has 244 valence electrons. The highest BCUT2D eigenvalue weighted by Crippen LogP contribution is 2.42. The first-order valence-electron chi connectivity index (χ1n) is 16.0. The summed E-state index contributed by atoms with van der Waals surface area (Å²) in [6.07, 6.45) is 8.06. The van der Waals surface area contributed by atoms with Crippen LogP contribution in [-0.4, -0.2) is 55.9 Å². The molecule has 0 radical (unpaired) electrons. The summed E-state index contributed by atoms with van der Waals surface area (Å²) in [4.78, 5) is 27.3. The molecule has 5 atom stereocenters. The largest absolute Gasteiger partial charge is 0.487 e. The number of anilines is 1. The van der Waals surface area contributed by atoms with Gasteiger partial charge >= 0.3 is 5.97 Å². The lowest BCUT2D eigenvalue weighted by atomic mass is 9.70. The maximum Gasteiger partial charge on any atom is 0.332 e. The molecule has 1 amide bonds. The number of hydrogen-bond donors (Lipinski definition) is 2. The average Bonchev–Trinajstić information content (AvgIpc) is 3.01. The number of aryl methyl sites for hydroxylation is 1. The molecular weight excluding hydrogens is 616 g/mol. The van der Waals surface area contributed by atoms with Crippen LogP contribution < -0.4 is 14.4 Å². The monoisotopic (exact) mass is 658 g/mol. The van der Waals surface area contributed by atoms with Gasteiger partial charge in [0.05, 0.1) is 17.0 Å². The minimum atomic E-state index is -3.95. The minimum Gasteiger partial charge on any atom is -0.487 e. The Morgan fingerprint density at radius 1 is 1.16 bits per heavy atom. The van der Waals surface area contributed by atoms with Crippen molar-refractivity contribution in [2.24, 2.45) is 11.8 Å². The molecular formula is C34H43ClN2O7S. The lowest BCUT2D eigenvalue weighted by molar-refractivity contribution is -0.155. The third kappa shape index (κ3) is 8.02. The number of halogens is 1. The second kappa shape index (κ2) is 14.6. The van der Waals surface area contributed by atoms with E-state index in [-0.39, 0.29) is 17.4 Å². The van der Waals surface area contributed by atoms with Crippen LogP contribution in [0.5, 0.6) is 5.75 Å². The SMILES string of the molecule is CC[C@@H]1CC/C=C/[C@H](O[C@H](C)C(=O)O)[C@@H]2CC[C@H]2CN2CCCCc3cc(Cl)ccc3COc3ccc(cc32)C(=O)NS1(=O)=O. The van der Waals surface area contributed by atoms with Crippen LogP contribution in [0.2, 0.25) is 5.02 Å². The summed E-state index contributed by atoms with van der Waals surface area (Å²) < 4.78 is 41.4. The highest BCUT2D eigenvalue weighted by molar-refractivity contribution is 7.90. The molecule has 1 saturated carbocycles. The molecule has 2 aliphatic heterocycles. The van der Waals surface area contributed by atoms with Crippen molar-refractivity contribution in [3.8, 4) is 5.75 Å². The summed E-state index contributed by atoms with van der Waals surface area (Å²) in [5.41, 5.74) is 3.17. The van der Waals surface area contributed by atoms with Gasteiger partial charge in [-0.3, -0.25) is 4.79 Å². The number of rotatable bonds is 4. The Balaban J connectivity index is 1.54. The standard InChI is InChI=1S/C34H43ClN2O7S/c1-3-28-9-4-5-10-31(44-22(2)34(39)40)29-15-12-25(29)20-37-17-7-6-8-23-18-27(35)14-11-26(23)21-43-32-16-13-24(19-30(32)37)33(38)36-45(28,41)42/h5,10-11,13-14,16,18-19,22,25,28-29,31H,3-4,6-9,12,15,17,20-21H2,1-2H3,(H,36,38)(H,39,40)/b10-5+/t22-,25+,28-,29-,31+/m1/s1. The van der Waals surface area contributed by atoms with Crippen molar-refractivity contribution in [1.29, 1.82) is 0 Å². The van der Waals surface area contributed by atoms with E-state index >= 15 is 0 Å². The number of fused-ring (bicyclic) bond motifs is 3. The quantitative estimate of drug-likeness (QED) is 0.376. The summed E-state index contributed by atoms with van der Waals surface area (Å²) in [6.45, 7) is 5.01. The normalized spacial score (nSPS) is 26.8. The summed E-state index contributed by atoms with van der Waals surface area (Å²) in [6, 6.07) is 10.9. The Hall–Kier alpha value is -3.08. The van der Waals surface area contributed by atoms with Crippen LogP contribution in [0.3, 0.4) is 0 Å². The number of carboxylic acid groups (broad SMARTS) is 1. The van der Waals surface area contributed by atoms with Crippen LogP contribution in [0, 0.1) is 11.8 Å². The molecule has 2 aromatic rings. The van der Waals surface area contributed by atoms with Crippen molar-refractivity contribution in [2.75, 3.05) is 18.0 Å². The number of benzene rings is 2. The van der Waals surface area contributed by atoms with E-state index in [0.29, 0.717) is 49.7 Å². The number of hydrogen-bond acceptors (Lipinski definition) is 7. The van der Waals surface area contributed by atoms with E-state index in [9.17, 15) is 23.1 Å². The van der Waals surface area contributed by atoms with Gasteiger partial charge in [-0.2, -0.15) is 0 Å². The fourth-order valence-corrected chi connectivity index (χ4v) is 8.18. The Kier molecular flexibility index (Phi) is 10.8. The highest BCUT2D eigenvalue weighted by Gasteiger charge is 2.39. The fraction of sp³-hybridized carbons (Fsp3) is 0.529. The molecule has 45 heavy (non-hydrogen) atoms. The molecule has 0 saturated heterocycles. The van der Waals surface area contributed by atoms with Gasteiger partial charge in [0.25, 0.3) is 5.91 Å². The van der Waals surface area contributed by atoms with E-state index in [0.717, 1.165) is 48.9 Å². The Bertz CT molecular complexity index is 1530. The number of allylic oxidation sites excluding steroid dienone is 1. The van der Waals surface area contributed by atoms with Crippen molar-refractivity contribution in [1.82, 2.24) is 4.72 Å². The summed E-state index contributed by atoms with van der Waals surface area (Å²) >= 11 is 6.32. The molecule has 2 aromatic carbocycles. The van der Waals surface area contributed by atoms with Gasteiger partial charge in [-0.15, -0.1) is 0 Å². The molecule has 1 aliphatic carbocycles. The Morgan fingerprint density at radius 2 is 1.98 bits per heavy atom. The molecule has 2 bridgehead atoms. The lowest BCUT2D eigenvalue weighted by Gasteiger charge is -2.44. The first-order chi connectivity index (χ1) is 21.6. The highest BCUT2D eigenvalue weighted by atomic mass is 35.5. The van der Waals surface area contributed by atoms with Gasteiger partial charge in [0.15, 0.2) is 6.10 Å². The molecule has 2 heterocycles. The fourth-order valence-electron chi connectivity index (χ4n) is 6.56. The van der Waals surface area contributed by atoms with E-state index in [2.05, 4.69) is 9.62 Å². The predicted molar refractivity (Wildman–Crippen MR) is 174 cm³/mol. The molecule has 0 aromatic heterocycles. The van der Waals surface area contributed by atoms with E-state index in [1.165, 1.54) is 0 Å². The van der Waals surface area contributed by atoms with Gasteiger partial charge in [-0.05, 0) is 112 Å². The average molecular weight is 659 g/mol. The number of ether oxygens (including phenoxy) is 2. The molecule has 3 aliphatic rings. The summed E-state index contributed by atoms with van der Waals surface area (Å²) in [5.74, 6) is -0.753.